The standard InChI is InChI=1S/C13H11N3O2S2/c14-13-15-11-7-6-10(8-12(11)19-13)20(17,18)16-9-4-2-1-3-5-9/h1-8,16H,(H2,14,15). The first-order valence-corrected chi connectivity index (χ1v) is 8.08. The summed E-state index contributed by atoms with van der Waals surface area (Å²) in [6.07, 6.45) is 0. The third-order valence-electron chi connectivity index (χ3n) is 2.71. The number of sulfonamides is 1. The lowest BCUT2D eigenvalue weighted by molar-refractivity contribution is 0.601. The van der Waals surface area contributed by atoms with Crippen LogP contribution in [-0.4, -0.2) is 13.4 Å². The van der Waals surface area contributed by atoms with Crippen LogP contribution in [0, 0.1) is 0 Å². The Hall–Kier alpha value is -2.12. The Morgan fingerprint density at radius 2 is 1.85 bits per heavy atom. The van der Waals surface area contributed by atoms with Gasteiger partial charge in [-0.1, -0.05) is 29.5 Å². The minimum atomic E-state index is -3.61. The van der Waals surface area contributed by atoms with Crippen LogP contribution in [0.4, 0.5) is 10.8 Å². The molecule has 0 aliphatic carbocycles. The van der Waals surface area contributed by atoms with E-state index in [9.17, 15) is 8.42 Å². The van der Waals surface area contributed by atoms with Gasteiger partial charge < -0.3 is 5.73 Å². The van der Waals surface area contributed by atoms with Gasteiger partial charge in [0.05, 0.1) is 15.1 Å². The van der Waals surface area contributed by atoms with Gasteiger partial charge in [0, 0.05) is 5.69 Å². The van der Waals surface area contributed by atoms with Gasteiger partial charge in [-0.2, -0.15) is 0 Å². The summed E-state index contributed by atoms with van der Waals surface area (Å²) >= 11 is 1.26. The summed E-state index contributed by atoms with van der Waals surface area (Å²) in [5, 5.41) is 0.422. The lowest BCUT2D eigenvalue weighted by Gasteiger charge is -2.07. The summed E-state index contributed by atoms with van der Waals surface area (Å²) in [7, 11) is -3.61. The Morgan fingerprint density at radius 1 is 1.10 bits per heavy atom. The minimum Gasteiger partial charge on any atom is -0.375 e. The zero-order valence-corrected chi connectivity index (χ0v) is 11.9. The van der Waals surface area contributed by atoms with Crippen molar-refractivity contribution in [2.24, 2.45) is 0 Å². The van der Waals surface area contributed by atoms with E-state index >= 15 is 0 Å². The van der Waals surface area contributed by atoms with Crippen molar-refractivity contribution < 1.29 is 8.42 Å². The van der Waals surface area contributed by atoms with E-state index < -0.39 is 10.0 Å². The first-order valence-electron chi connectivity index (χ1n) is 5.78. The number of hydrogen-bond donors (Lipinski definition) is 2. The molecule has 0 atom stereocenters. The molecule has 0 radical (unpaired) electrons. The fourth-order valence-electron chi connectivity index (χ4n) is 1.81. The molecule has 102 valence electrons. The van der Waals surface area contributed by atoms with Crippen LogP contribution in [0.1, 0.15) is 0 Å². The second kappa shape index (κ2) is 4.77. The molecule has 0 spiro atoms. The number of rotatable bonds is 3. The summed E-state index contributed by atoms with van der Waals surface area (Å²) < 4.78 is 27.9. The molecule has 0 saturated carbocycles. The highest BCUT2D eigenvalue weighted by Crippen LogP contribution is 2.27. The van der Waals surface area contributed by atoms with Crippen LogP contribution in [-0.2, 0) is 10.0 Å². The number of nitrogen functional groups attached to an aromatic ring is 1. The van der Waals surface area contributed by atoms with Crippen molar-refractivity contribution in [2.75, 3.05) is 10.5 Å². The van der Waals surface area contributed by atoms with E-state index in [0.717, 1.165) is 4.70 Å². The van der Waals surface area contributed by atoms with Crippen molar-refractivity contribution in [3.63, 3.8) is 0 Å². The highest BCUT2D eigenvalue weighted by atomic mass is 32.2. The predicted molar refractivity (Wildman–Crippen MR) is 81.3 cm³/mol. The predicted octanol–water partition coefficient (Wildman–Crippen LogP) is 2.68. The van der Waals surface area contributed by atoms with Gasteiger partial charge in [-0.05, 0) is 30.3 Å². The molecular formula is C13H11N3O2S2. The molecule has 7 heteroatoms. The Balaban J connectivity index is 2.00. The topological polar surface area (TPSA) is 85.1 Å². The van der Waals surface area contributed by atoms with Crippen LogP contribution in [0.15, 0.2) is 53.4 Å². The summed E-state index contributed by atoms with van der Waals surface area (Å²) in [5.41, 5.74) is 6.84. The van der Waals surface area contributed by atoms with E-state index in [0.29, 0.717) is 16.3 Å². The monoisotopic (exact) mass is 305 g/mol. The van der Waals surface area contributed by atoms with Gasteiger partial charge in [0.2, 0.25) is 0 Å². The summed E-state index contributed by atoms with van der Waals surface area (Å²) in [4.78, 5) is 4.29. The second-order valence-electron chi connectivity index (χ2n) is 4.15. The van der Waals surface area contributed by atoms with Crippen molar-refractivity contribution in [1.82, 2.24) is 4.98 Å². The summed E-state index contributed by atoms with van der Waals surface area (Å²) in [6, 6.07) is 13.5. The lowest BCUT2D eigenvalue weighted by atomic mass is 10.3. The van der Waals surface area contributed by atoms with Gasteiger partial charge in [-0.25, -0.2) is 13.4 Å². The van der Waals surface area contributed by atoms with Gasteiger partial charge in [0.15, 0.2) is 5.13 Å². The second-order valence-corrected chi connectivity index (χ2v) is 6.90. The molecule has 0 saturated heterocycles. The van der Waals surface area contributed by atoms with Gasteiger partial charge >= 0.3 is 0 Å². The number of aromatic nitrogens is 1. The minimum absolute atomic E-state index is 0.192. The maximum atomic E-state index is 12.3. The largest absolute Gasteiger partial charge is 0.375 e. The molecule has 1 heterocycles. The van der Waals surface area contributed by atoms with Gasteiger partial charge in [0.25, 0.3) is 10.0 Å². The molecule has 2 aromatic carbocycles. The molecule has 3 aromatic rings. The van der Waals surface area contributed by atoms with Crippen molar-refractivity contribution in [2.45, 2.75) is 4.90 Å². The smallest absolute Gasteiger partial charge is 0.261 e. The molecule has 0 fully saturated rings. The van der Waals surface area contributed by atoms with Crippen molar-refractivity contribution in [3.8, 4) is 0 Å². The third-order valence-corrected chi connectivity index (χ3v) is 4.94. The molecular weight excluding hydrogens is 294 g/mol. The first kappa shape index (κ1) is 12.9. The van der Waals surface area contributed by atoms with Crippen LogP contribution < -0.4 is 10.5 Å². The van der Waals surface area contributed by atoms with Crippen LogP contribution in [0.5, 0.6) is 0 Å². The van der Waals surface area contributed by atoms with Gasteiger partial charge in [-0.15, -0.1) is 0 Å². The summed E-state index contributed by atoms with van der Waals surface area (Å²) in [6.45, 7) is 0. The number of nitrogens with zero attached hydrogens (tertiary/aromatic N) is 1. The van der Waals surface area contributed by atoms with Gasteiger partial charge in [-0.3, -0.25) is 4.72 Å². The number of hydrogen-bond acceptors (Lipinski definition) is 5. The number of fused-ring (bicyclic) bond motifs is 1. The number of anilines is 2. The maximum Gasteiger partial charge on any atom is 0.261 e. The molecule has 0 aliphatic rings. The molecule has 5 nitrogen and oxygen atoms in total. The van der Waals surface area contributed by atoms with Crippen LogP contribution >= 0.6 is 11.3 Å². The lowest BCUT2D eigenvalue weighted by Crippen LogP contribution is -2.12. The fraction of sp³-hybridized carbons (Fsp3) is 0. The average Bonchev–Trinajstić information content (AvgIpc) is 2.78. The average molecular weight is 305 g/mol. The number of para-hydroxylation sites is 1. The van der Waals surface area contributed by atoms with E-state index in [2.05, 4.69) is 9.71 Å². The van der Waals surface area contributed by atoms with E-state index in [4.69, 9.17) is 5.73 Å². The quantitative estimate of drug-likeness (QED) is 0.779. The Morgan fingerprint density at radius 3 is 2.60 bits per heavy atom. The van der Waals surface area contributed by atoms with E-state index in [1.165, 1.54) is 17.4 Å². The van der Waals surface area contributed by atoms with Crippen LogP contribution in [0.25, 0.3) is 10.2 Å². The zero-order valence-electron chi connectivity index (χ0n) is 10.3. The molecule has 0 aliphatic heterocycles. The van der Waals surface area contributed by atoms with Crippen molar-refractivity contribution >= 4 is 42.4 Å². The molecule has 0 amide bonds. The van der Waals surface area contributed by atoms with E-state index in [1.54, 1.807) is 36.4 Å². The van der Waals surface area contributed by atoms with Crippen molar-refractivity contribution in [3.05, 3.63) is 48.5 Å². The SMILES string of the molecule is Nc1nc2ccc(S(=O)(=O)Nc3ccccc3)cc2s1. The first-order chi connectivity index (χ1) is 9.54. The number of benzene rings is 2. The molecule has 3 rings (SSSR count). The maximum absolute atomic E-state index is 12.3. The number of thiazole rings is 1. The molecule has 1 aromatic heterocycles. The Bertz CT molecular complexity index is 858. The van der Waals surface area contributed by atoms with Crippen LogP contribution in [0.2, 0.25) is 0 Å². The Labute approximate surface area is 120 Å². The highest BCUT2D eigenvalue weighted by Gasteiger charge is 2.15. The van der Waals surface area contributed by atoms with E-state index in [1.807, 2.05) is 6.07 Å². The Kier molecular flexibility index (Phi) is 3.07. The third kappa shape index (κ3) is 2.45. The highest BCUT2D eigenvalue weighted by molar-refractivity contribution is 7.92. The van der Waals surface area contributed by atoms with Crippen molar-refractivity contribution in [1.29, 1.82) is 0 Å². The van der Waals surface area contributed by atoms with Crippen LogP contribution in [0.3, 0.4) is 0 Å². The molecule has 20 heavy (non-hydrogen) atoms. The fourth-order valence-corrected chi connectivity index (χ4v) is 3.74. The van der Waals surface area contributed by atoms with E-state index in [-0.39, 0.29) is 4.90 Å². The van der Waals surface area contributed by atoms with Gasteiger partial charge in [0.1, 0.15) is 0 Å². The zero-order chi connectivity index (χ0) is 14.2. The molecule has 3 N–H and O–H groups in total. The molecule has 0 bridgehead atoms. The number of nitrogens with two attached hydrogens (primary N) is 1. The molecule has 0 unspecified atom stereocenters. The normalized spacial score (nSPS) is 11.6. The summed E-state index contributed by atoms with van der Waals surface area (Å²) in [5.74, 6) is 0. The number of nitrogens with one attached hydrogen (secondary N) is 1.